The zero-order chi connectivity index (χ0) is 16.3. The molecule has 0 bridgehead atoms. The summed E-state index contributed by atoms with van der Waals surface area (Å²) in [5, 5.41) is 5.90. The van der Waals surface area contributed by atoms with Crippen LogP contribution in [0.2, 0.25) is 0 Å². The minimum atomic E-state index is -4.68. The van der Waals surface area contributed by atoms with E-state index in [4.69, 9.17) is 0 Å². The van der Waals surface area contributed by atoms with Gasteiger partial charge in [0.05, 0.1) is 6.54 Å². The van der Waals surface area contributed by atoms with Crippen LogP contribution in [0, 0.1) is 5.92 Å². The van der Waals surface area contributed by atoms with E-state index in [0.29, 0.717) is 16.9 Å². The number of hydrogen-bond donors (Lipinski definition) is 1. The van der Waals surface area contributed by atoms with E-state index in [1.807, 2.05) is 0 Å². The molecule has 6 nitrogen and oxygen atoms in total. The van der Waals surface area contributed by atoms with E-state index in [-0.39, 0.29) is 19.0 Å². The molecule has 9 heteroatoms. The van der Waals surface area contributed by atoms with Crippen molar-refractivity contribution < 1.29 is 18.0 Å². The van der Waals surface area contributed by atoms with Crippen molar-refractivity contribution >= 4 is 5.91 Å². The largest absolute Gasteiger partial charge is 0.451 e. The van der Waals surface area contributed by atoms with E-state index < -0.39 is 17.7 Å². The first-order valence-corrected chi connectivity index (χ1v) is 7.26. The Hall–Kier alpha value is -1.80. The third-order valence-corrected chi connectivity index (χ3v) is 3.89. The first kappa shape index (κ1) is 16.6. The molecule has 1 aliphatic carbocycles. The molecule has 1 N–H and O–H groups in total. The van der Waals surface area contributed by atoms with Crippen LogP contribution in [-0.2, 0) is 24.6 Å². The molecule has 1 fully saturated rings. The molecule has 0 aromatic carbocycles. The molecule has 0 aliphatic heterocycles. The second-order valence-electron chi connectivity index (χ2n) is 5.59. The van der Waals surface area contributed by atoms with Crippen LogP contribution in [0.4, 0.5) is 13.2 Å². The molecule has 124 valence electrons. The van der Waals surface area contributed by atoms with Crippen LogP contribution >= 0.6 is 0 Å². The molecule has 22 heavy (non-hydrogen) atoms. The predicted molar refractivity (Wildman–Crippen MR) is 72.1 cm³/mol. The van der Waals surface area contributed by atoms with Gasteiger partial charge in [-0.1, -0.05) is 12.8 Å². The van der Waals surface area contributed by atoms with Crippen molar-refractivity contribution in [2.24, 2.45) is 13.0 Å². The van der Waals surface area contributed by atoms with Crippen LogP contribution < -0.4 is 11.0 Å². The van der Waals surface area contributed by atoms with Gasteiger partial charge in [-0.05, 0) is 18.8 Å². The van der Waals surface area contributed by atoms with Gasteiger partial charge in [0.25, 0.3) is 0 Å². The van der Waals surface area contributed by atoms with Crippen LogP contribution in [0.1, 0.15) is 37.9 Å². The Kier molecular flexibility index (Phi) is 4.92. The Labute approximate surface area is 125 Å². The highest BCUT2D eigenvalue weighted by molar-refractivity contribution is 5.76. The van der Waals surface area contributed by atoms with Gasteiger partial charge in [-0.2, -0.15) is 13.2 Å². The SMILES string of the molecule is Cn1c(C(F)(F)F)nn(CCNC(=O)CC2CCCC2)c1=O. The highest BCUT2D eigenvalue weighted by Gasteiger charge is 2.37. The number of aromatic nitrogens is 3. The number of hydrogen-bond acceptors (Lipinski definition) is 3. The summed E-state index contributed by atoms with van der Waals surface area (Å²) in [5.41, 5.74) is -0.850. The quantitative estimate of drug-likeness (QED) is 0.889. The first-order chi connectivity index (χ1) is 10.3. The first-order valence-electron chi connectivity index (χ1n) is 7.26. The number of alkyl halides is 3. The summed E-state index contributed by atoms with van der Waals surface area (Å²) in [6.07, 6.45) is 0.128. The maximum Gasteiger partial charge on any atom is 0.451 e. The lowest BCUT2D eigenvalue weighted by Crippen LogP contribution is -2.32. The van der Waals surface area contributed by atoms with Gasteiger partial charge in [-0.25, -0.2) is 9.48 Å². The van der Waals surface area contributed by atoms with Crippen LogP contribution in [-0.4, -0.2) is 26.8 Å². The molecule has 0 unspecified atom stereocenters. The van der Waals surface area contributed by atoms with Gasteiger partial charge in [0, 0.05) is 20.0 Å². The monoisotopic (exact) mass is 320 g/mol. The highest BCUT2D eigenvalue weighted by Crippen LogP contribution is 2.27. The minimum absolute atomic E-state index is 0.0831. The van der Waals surface area contributed by atoms with E-state index in [2.05, 4.69) is 10.4 Å². The molecule has 0 radical (unpaired) electrons. The van der Waals surface area contributed by atoms with Gasteiger partial charge in [0.2, 0.25) is 11.7 Å². The molecule has 1 aromatic heterocycles. The number of rotatable bonds is 5. The number of halogens is 3. The zero-order valence-electron chi connectivity index (χ0n) is 12.3. The van der Waals surface area contributed by atoms with Crippen LogP contribution in [0.5, 0.6) is 0 Å². The lowest BCUT2D eigenvalue weighted by atomic mass is 10.0. The molecule has 0 saturated heterocycles. The fourth-order valence-corrected chi connectivity index (χ4v) is 2.73. The summed E-state index contributed by atoms with van der Waals surface area (Å²) in [4.78, 5) is 23.3. The van der Waals surface area contributed by atoms with Crippen molar-refractivity contribution in [3.63, 3.8) is 0 Å². The Bertz CT molecular complexity index is 585. The average Bonchev–Trinajstić information content (AvgIpc) is 3.01. The minimum Gasteiger partial charge on any atom is -0.354 e. The van der Waals surface area contributed by atoms with Gasteiger partial charge >= 0.3 is 11.9 Å². The molecule has 2 rings (SSSR count). The Morgan fingerprint density at radius 1 is 1.36 bits per heavy atom. The summed E-state index contributed by atoms with van der Waals surface area (Å²) in [5.74, 6) is -0.976. The maximum atomic E-state index is 12.6. The van der Waals surface area contributed by atoms with Crippen molar-refractivity contribution in [1.82, 2.24) is 19.7 Å². The molecule has 1 saturated carbocycles. The van der Waals surface area contributed by atoms with Crippen molar-refractivity contribution in [1.29, 1.82) is 0 Å². The van der Waals surface area contributed by atoms with Gasteiger partial charge in [-0.15, -0.1) is 5.10 Å². The molecule has 1 heterocycles. The van der Waals surface area contributed by atoms with E-state index in [1.54, 1.807) is 0 Å². The standard InChI is InChI=1S/C13H19F3N4O2/c1-19-11(13(14,15)16)18-20(12(19)22)7-6-17-10(21)8-9-4-2-3-5-9/h9H,2-8H2,1H3,(H,17,21). The lowest BCUT2D eigenvalue weighted by molar-refractivity contribution is -0.147. The third kappa shape index (κ3) is 3.89. The summed E-state index contributed by atoms with van der Waals surface area (Å²) in [6.45, 7) is -0.00106. The Balaban J connectivity index is 1.86. The van der Waals surface area contributed by atoms with Gasteiger partial charge in [-0.3, -0.25) is 9.36 Å². The maximum absolute atomic E-state index is 12.6. The summed E-state index contributed by atoms with van der Waals surface area (Å²) in [7, 11) is 1.02. The molecule has 0 spiro atoms. The third-order valence-electron chi connectivity index (χ3n) is 3.89. The number of amides is 1. The number of nitrogens with zero attached hydrogens (tertiary/aromatic N) is 3. The molecule has 1 amide bonds. The molecule has 1 aromatic rings. The average molecular weight is 320 g/mol. The second kappa shape index (κ2) is 6.53. The lowest BCUT2D eigenvalue weighted by Gasteiger charge is -2.09. The topological polar surface area (TPSA) is 68.9 Å². The molecular formula is C13H19F3N4O2. The van der Waals surface area contributed by atoms with Gasteiger partial charge in [0.1, 0.15) is 0 Å². The van der Waals surface area contributed by atoms with Crippen LogP contribution in [0.3, 0.4) is 0 Å². The van der Waals surface area contributed by atoms with E-state index in [9.17, 15) is 22.8 Å². The summed E-state index contributed by atoms with van der Waals surface area (Å²) in [6, 6.07) is 0. The number of nitrogens with one attached hydrogen (secondary N) is 1. The van der Waals surface area contributed by atoms with E-state index in [0.717, 1.165) is 37.4 Å². The second-order valence-corrected chi connectivity index (χ2v) is 5.59. The van der Waals surface area contributed by atoms with E-state index >= 15 is 0 Å². The number of carbonyl (C=O) groups is 1. The van der Waals surface area contributed by atoms with Crippen molar-refractivity contribution in [3.05, 3.63) is 16.3 Å². The van der Waals surface area contributed by atoms with Crippen molar-refractivity contribution in [3.8, 4) is 0 Å². The zero-order valence-corrected chi connectivity index (χ0v) is 12.3. The van der Waals surface area contributed by atoms with Gasteiger partial charge in [0.15, 0.2) is 0 Å². The fourth-order valence-electron chi connectivity index (χ4n) is 2.73. The van der Waals surface area contributed by atoms with Gasteiger partial charge < -0.3 is 5.32 Å². The summed E-state index contributed by atoms with van der Waals surface area (Å²) >= 11 is 0. The molecule has 1 aliphatic rings. The van der Waals surface area contributed by atoms with E-state index in [1.165, 1.54) is 0 Å². The predicted octanol–water partition coefficient (Wildman–Crippen LogP) is 1.30. The Morgan fingerprint density at radius 2 is 2.00 bits per heavy atom. The van der Waals surface area contributed by atoms with Crippen LogP contribution in [0.15, 0.2) is 4.79 Å². The summed E-state index contributed by atoms with van der Waals surface area (Å²) < 4.78 is 39.0. The Morgan fingerprint density at radius 3 is 2.55 bits per heavy atom. The highest BCUT2D eigenvalue weighted by atomic mass is 19.4. The van der Waals surface area contributed by atoms with Crippen molar-refractivity contribution in [2.75, 3.05) is 6.54 Å². The molecule has 0 atom stereocenters. The normalized spacial score (nSPS) is 16.2. The smallest absolute Gasteiger partial charge is 0.354 e. The number of carbonyl (C=O) groups excluding carboxylic acids is 1. The molecular weight excluding hydrogens is 301 g/mol. The van der Waals surface area contributed by atoms with Crippen molar-refractivity contribution in [2.45, 2.75) is 44.8 Å². The fraction of sp³-hybridized carbons (Fsp3) is 0.769. The van der Waals surface area contributed by atoms with Crippen LogP contribution in [0.25, 0.3) is 0 Å².